The highest BCUT2D eigenvalue weighted by molar-refractivity contribution is 6.30. The maximum Gasteiger partial charge on any atom is 0.254 e. The van der Waals surface area contributed by atoms with E-state index in [4.69, 9.17) is 16.7 Å². The topological polar surface area (TPSA) is 60.8 Å². The Bertz CT molecular complexity index is 382. The van der Waals surface area contributed by atoms with E-state index in [-0.39, 0.29) is 25.6 Å². The Hall–Kier alpha value is -1.10. The molecule has 1 amide bonds. The molecular weight excluding hydrogens is 242 g/mol. The van der Waals surface area contributed by atoms with Crippen LogP contribution in [0.2, 0.25) is 5.02 Å². The summed E-state index contributed by atoms with van der Waals surface area (Å²) in [4.78, 5) is 13.5. The molecule has 0 aliphatic rings. The Kier molecular flexibility index (Phi) is 5.41. The summed E-state index contributed by atoms with van der Waals surface area (Å²) in [5, 5.41) is 18.7. The molecule has 0 bridgehead atoms. The molecule has 0 saturated carbocycles. The van der Waals surface area contributed by atoms with Crippen LogP contribution in [0.25, 0.3) is 0 Å². The van der Waals surface area contributed by atoms with E-state index in [1.54, 1.807) is 31.2 Å². The smallest absolute Gasteiger partial charge is 0.254 e. The minimum Gasteiger partial charge on any atom is -0.395 e. The fourth-order valence-corrected chi connectivity index (χ4v) is 1.71. The van der Waals surface area contributed by atoms with Crippen LogP contribution in [0.3, 0.4) is 0 Å². The molecule has 0 spiro atoms. The van der Waals surface area contributed by atoms with Gasteiger partial charge in [-0.15, -0.1) is 0 Å². The molecule has 0 aliphatic carbocycles. The van der Waals surface area contributed by atoms with E-state index in [9.17, 15) is 9.90 Å². The molecule has 0 saturated heterocycles. The number of amides is 1. The van der Waals surface area contributed by atoms with E-state index in [2.05, 4.69) is 0 Å². The zero-order valence-electron chi connectivity index (χ0n) is 9.64. The molecule has 0 aliphatic heterocycles. The third kappa shape index (κ3) is 4.34. The number of rotatable bonds is 5. The van der Waals surface area contributed by atoms with E-state index in [0.29, 0.717) is 10.6 Å². The summed E-state index contributed by atoms with van der Waals surface area (Å²) in [5.41, 5.74) is 0.451. The van der Waals surface area contributed by atoms with Gasteiger partial charge < -0.3 is 15.1 Å². The van der Waals surface area contributed by atoms with Crippen molar-refractivity contribution in [1.82, 2.24) is 4.90 Å². The minimum atomic E-state index is -0.635. The molecular formula is C12H16ClNO3. The maximum atomic E-state index is 12.1. The van der Waals surface area contributed by atoms with Crippen molar-refractivity contribution in [2.24, 2.45) is 0 Å². The molecule has 1 aromatic carbocycles. The number of carbonyl (C=O) groups is 1. The number of hydrogen-bond donors (Lipinski definition) is 2. The molecule has 2 N–H and O–H groups in total. The lowest BCUT2D eigenvalue weighted by Gasteiger charge is -2.23. The third-order valence-corrected chi connectivity index (χ3v) is 2.45. The molecule has 17 heavy (non-hydrogen) atoms. The Balaban J connectivity index is 2.83. The van der Waals surface area contributed by atoms with Crippen LogP contribution in [0, 0.1) is 0 Å². The summed E-state index contributed by atoms with van der Waals surface area (Å²) in [6.45, 7) is 1.83. The standard InChI is InChI=1S/C12H16ClNO3/c1-9(16)8-14(5-6-15)12(17)10-3-2-4-11(13)7-10/h2-4,7,9,15-16H,5-6,8H2,1H3. The summed E-state index contributed by atoms with van der Waals surface area (Å²) in [6, 6.07) is 6.59. The van der Waals surface area contributed by atoms with Crippen molar-refractivity contribution in [3.05, 3.63) is 34.9 Å². The van der Waals surface area contributed by atoms with Gasteiger partial charge in [0.05, 0.1) is 12.7 Å². The molecule has 1 unspecified atom stereocenters. The second kappa shape index (κ2) is 6.59. The Labute approximate surface area is 105 Å². The normalized spacial score (nSPS) is 12.2. The van der Waals surface area contributed by atoms with Crippen LogP contribution in [-0.2, 0) is 0 Å². The minimum absolute atomic E-state index is 0.140. The van der Waals surface area contributed by atoms with Gasteiger partial charge in [0.15, 0.2) is 0 Å². The van der Waals surface area contributed by atoms with Crippen LogP contribution in [-0.4, -0.2) is 46.8 Å². The molecule has 1 rings (SSSR count). The number of hydrogen-bond acceptors (Lipinski definition) is 3. The first-order chi connectivity index (χ1) is 8.04. The number of aliphatic hydroxyl groups is 2. The van der Waals surface area contributed by atoms with Crippen LogP contribution in [0.1, 0.15) is 17.3 Å². The van der Waals surface area contributed by atoms with Gasteiger partial charge in [-0.2, -0.15) is 0 Å². The summed E-state index contributed by atoms with van der Waals surface area (Å²) in [6.07, 6.45) is -0.635. The number of nitrogens with zero attached hydrogens (tertiary/aromatic N) is 1. The fraction of sp³-hybridized carbons (Fsp3) is 0.417. The van der Waals surface area contributed by atoms with Crippen LogP contribution in [0.5, 0.6) is 0 Å². The predicted octanol–water partition coefficient (Wildman–Crippen LogP) is 1.16. The summed E-state index contributed by atoms with van der Waals surface area (Å²) in [7, 11) is 0. The van der Waals surface area contributed by atoms with Crippen LogP contribution >= 0.6 is 11.6 Å². The molecule has 0 aromatic heterocycles. The largest absolute Gasteiger partial charge is 0.395 e. The third-order valence-electron chi connectivity index (χ3n) is 2.21. The summed E-state index contributed by atoms with van der Waals surface area (Å²) in [5.74, 6) is -0.248. The van der Waals surface area contributed by atoms with Gasteiger partial charge >= 0.3 is 0 Å². The molecule has 0 fully saturated rings. The van der Waals surface area contributed by atoms with Crippen molar-refractivity contribution in [3.8, 4) is 0 Å². The van der Waals surface area contributed by atoms with E-state index in [0.717, 1.165) is 0 Å². The molecule has 1 aromatic rings. The van der Waals surface area contributed by atoms with Crippen LogP contribution in [0.4, 0.5) is 0 Å². The molecule has 1 atom stereocenters. The lowest BCUT2D eigenvalue weighted by Crippen LogP contribution is -2.38. The van der Waals surface area contributed by atoms with Crippen molar-refractivity contribution in [1.29, 1.82) is 0 Å². The fourth-order valence-electron chi connectivity index (χ4n) is 1.52. The van der Waals surface area contributed by atoms with Crippen molar-refractivity contribution < 1.29 is 15.0 Å². The van der Waals surface area contributed by atoms with Crippen molar-refractivity contribution in [3.63, 3.8) is 0 Å². The Morgan fingerprint density at radius 2 is 2.24 bits per heavy atom. The average molecular weight is 258 g/mol. The van der Waals surface area contributed by atoms with Gasteiger partial charge in [0, 0.05) is 23.7 Å². The lowest BCUT2D eigenvalue weighted by atomic mass is 10.2. The number of benzene rings is 1. The number of aliphatic hydroxyl groups excluding tert-OH is 2. The SMILES string of the molecule is CC(O)CN(CCO)C(=O)c1cccc(Cl)c1. The van der Waals surface area contributed by atoms with E-state index in [1.807, 2.05) is 0 Å². The second-order valence-electron chi connectivity index (χ2n) is 3.83. The van der Waals surface area contributed by atoms with Crippen LogP contribution in [0.15, 0.2) is 24.3 Å². The van der Waals surface area contributed by atoms with E-state index >= 15 is 0 Å². The van der Waals surface area contributed by atoms with Gasteiger partial charge in [0.2, 0.25) is 0 Å². The predicted molar refractivity (Wildman–Crippen MR) is 66.1 cm³/mol. The summed E-state index contributed by atoms with van der Waals surface area (Å²) >= 11 is 5.81. The highest BCUT2D eigenvalue weighted by Crippen LogP contribution is 2.13. The van der Waals surface area contributed by atoms with Crippen molar-refractivity contribution in [2.75, 3.05) is 19.7 Å². The zero-order chi connectivity index (χ0) is 12.8. The van der Waals surface area contributed by atoms with Crippen molar-refractivity contribution >= 4 is 17.5 Å². The van der Waals surface area contributed by atoms with Gasteiger partial charge in [0.25, 0.3) is 5.91 Å². The first kappa shape index (κ1) is 14.0. The number of carbonyl (C=O) groups excluding carboxylic acids is 1. The Morgan fingerprint density at radius 3 is 2.76 bits per heavy atom. The highest BCUT2D eigenvalue weighted by atomic mass is 35.5. The Morgan fingerprint density at radius 1 is 1.53 bits per heavy atom. The lowest BCUT2D eigenvalue weighted by molar-refractivity contribution is 0.0605. The van der Waals surface area contributed by atoms with Gasteiger partial charge in [-0.1, -0.05) is 17.7 Å². The first-order valence-corrected chi connectivity index (χ1v) is 5.76. The van der Waals surface area contributed by atoms with E-state index < -0.39 is 6.10 Å². The average Bonchev–Trinajstić information content (AvgIpc) is 2.27. The van der Waals surface area contributed by atoms with E-state index in [1.165, 1.54) is 4.90 Å². The molecule has 5 heteroatoms. The second-order valence-corrected chi connectivity index (χ2v) is 4.27. The van der Waals surface area contributed by atoms with Crippen LogP contribution < -0.4 is 0 Å². The van der Waals surface area contributed by atoms with Crippen molar-refractivity contribution in [2.45, 2.75) is 13.0 Å². The highest BCUT2D eigenvalue weighted by Gasteiger charge is 2.16. The maximum absolute atomic E-state index is 12.1. The van der Waals surface area contributed by atoms with Gasteiger partial charge in [-0.25, -0.2) is 0 Å². The molecule has 0 heterocycles. The quantitative estimate of drug-likeness (QED) is 0.832. The molecule has 4 nitrogen and oxygen atoms in total. The summed E-state index contributed by atoms with van der Waals surface area (Å²) < 4.78 is 0. The molecule has 94 valence electrons. The van der Waals surface area contributed by atoms with Gasteiger partial charge in [0.1, 0.15) is 0 Å². The van der Waals surface area contributed by atoms with Gasteiger partial charge in [-0.3, -0.25) is 4.79 Å². The number of halogens is 1. The monoisotopic (exact) mass is 257 g/mol. The van der Waals surface area contributed by atoms with Gasteiger partial charge in [-0.05, 0) is 25.1 Å². The first-order valence-electron chi connectivity index (χ1n) is 5.38. The molecule has 0 radical (unpaired) electrons. The zero-order valence-corrected chi connectivity index (χ0v) is 10.4.